The highest BCUT2D eigenvalue weighted by atomic mass is 35.5. The number of likely N-dealkylation sites (tertiary alicyclic amines) is 1. The maximum absolute atomic E-state index is 13.4. The minimum atomic E-state index is -0.361. The summed E-state index contributed by atoms with van der Waals surface area (Å²) >= 11 is 13.7. The third-order valence-corrected chi connectivity index (χ3v) is 7.13. The number of thiazole rings is 1. The lowest BCUT2D eigenvalue weighted by molar-refractivity contribution is 0.0713. The van der Waals surface area contributed by atoms with Crippen LogP contribution >= 0.6 is 34.5 Å². The summed E-state index contributed by atoms with van der Waals surface area (Å²) in [5.41, 5.74) is 1.25. The van der Waals surface area contributed by atoms with Gasteiger partial charge in [-0.05, 0) is 62.3 Å². The monoisotopic (exact) mass is 521 g/mol. The van der Waals surface area contributed by atoms with Gasteiger partial charge in [-0.1, -0.05) is 29.6 Å². The predicted molar refractivity (Wildman–Crippen MR) is 134 cm³/mol. The Balaban J connectivity index is 1.42. The van der Waals surface area contributed by atoms with Crippen LogP contribution in [0.4, 0.5) is 4.39 Å². The van der Waals surface area contributed by atoms with E-state index >= 15 is 0 Å². The molecule has 1 aliphatic heterocycles. The Hall–Kier alpha value is -2.19. The molecule has 1 aliphatic rings. The molecule has 0 atom stereocenters. The van der Waals surface area contributed by atoms with Gasteiger partial charge < -0.3 is 14.5 Å². The van der Waals surface area contributed by atoms with Crippen LogP contribution in [0.5, 0.6) is 5.75 Å². The van der Waals surface area contributed by atoms with Gasteiger partial charge in [0.2, 0.25) is 0 Å². The number of piperidine rings is 1. The molecule has 3 aromatic rings. The number of amides is 1. The van der Waals surface area contributed by atoms with Crippen LogP contribution in [0.25, 0.3) is 0 Å². The molecule has 9 heteroatoms. The molecule has 0 radical (unpaired) electrons. The second-order valence-electron chi connectivity index (χ2n) is 8.23. The number of rotatable bonds is 9. The molecule has 0 unspecified atom stereocenters. The highest BCUT2D eigenvalue weighted by Gasteiger charge is 2.20. The predicted octanol–water partition coefficient (Wildman–Crippen LogP) is 6.30. The minimum Gasteiger partial charge on any atom is -0.485 e. The topological polar surface area (TPSA) is 45.7 Å². The van der Waals surface area contributed by atoms with Crippen molar-refractivity contribution < 1.29 is 13.9 Å². The van der Waals surface area contributed by atoms with Crippen LogP contribution in [-0.4, -0.2) is 46.9 Å². The standard InChI is InChI=1S/C25H26Cl2FN3O2S/c26-19-6-9-22(27)23(14-19)33-16-24-29-21(17-34-24)15-31(13-12-30-10-2-1-3-11-30)25(32)18-4-7-20(28)8-5-18/h4-9,14,17H,1-3,10-13,15-16H2. The van der Waals surface area contributed by atoms with Crippen molar-refractivity contribution in [3.05, 3.63) is 80.0 Å². The van der Waals surface area contributed by atoms with E-state index in [-0.39, 0.29) is 18.3 Å². The van der Waals surface area contributed by atoms with E-state index in [1.54, 1.807) is 23.1 Å². The molecule has 0 saturated carbocycles. The van der Waals surface area contributed by atoms with Gasteiger partial charge >= 0.3 is 0 Å². The number of ether oxygens (including phenoxy) is 1. The highest BCUT2D eigenvalue weighted by Crippen LogP contribution is 2.28. The Morgan fingerprint density at radius 3 is 2.65 bits per heavy atom. The average molecular weight is 522 g/mol. The van der Waals surface area contributed by atoms with Gasteiger partial charge in [-0.3, -0.25) is 4.79 Å². The Labute approximate surface area is 213 Å². The van der Waals surface area contributed by atoms with Gasteiger partial charge in [-0.2, -0.15) is 0 Å². The van der Waals surface area contributed by atoms with Gasteiger partial charge in [-0.25, -0.2) is 9.37 Å². The van der Waals surface area contributed by atoms with E-state index in [1.807, 2.05) is 5.38 Å². The van der Waals surface area contributed by atoms with Crippen LogP contribution in [0.15, 0.2) is 47.8 Å². The third kappa shape index (κ3) is 6.92. The van der Waals surface area contributed by atoms with Gasteiger partial charge in [-0.15, -0.1) is 11.3 Å². The van der Waals surface area contributed by atoms with Crippen molar-refractivity contribution in [1.29, 1.82) is 0 Å². The van der Waals surface area contributed by atoms with Crippen molar-refractivity contribution in [3.8, 4) is 5.75 Å². The molecule has 1 fully saturated rings. The summed E-state index contributed by atoms with van der Waals surface area (Å²) in [7, 11) is 0. The first-order chi connectivity index (χ1) is 16.5. The fraction of sp³-hybridized carbons (Fsp3) is 0.360. The first kappa shape index (κ1) is 24.9. The number of nitrogens with zero attached hydrogens (tertiary/aromatic N) is 3. The van der Waals surface area contributed by atoms with Gasteiger partial charge in [0.1, 0.15) is 23.2 Å². The number of hydrogen-bond donors (Lipinski definition) is 0. The summed E-state index contributed by atoms with van der Waals surface area (Å²) in [6.07, 6.45) is 3.65. The zero-order chi connectivity index (χ0) is 23.9. The lowest BCUT2D eigenvalue weighted by Gasteiger charge is -2.30. The summed E-state index contributed by atoms with van der Waals surface area (Å²) in [4.78, 5) is 22.1. The normalized spacial score (nSPS) is 14.2. The SMILES string of the molecule is O=C(c1ccc(F)cc1)N(CCN1CCCCC1)Cc1csc(COc2cc(Cl)ccc2Cl)n1. The van der Waals surface area contributed by atoms with E-state index < -0.39 is 0 Å². The van der Waals surface area contributed by atoms with Gasteiger partial charge in [0.15, 0.2) is 0 Å². The lowest BCUT2D eigenvalue weighted by atomic mass is 10.1. The molecule has 1 aromatic heterocycles. The number of carbonyl (C=O) groups is 1. The van der Waals surface area contributed by atoms with Crippen molar-refractivity contribution in [2.45, 2.75) is 32.4 Å². The van der Waals surface area contributed by atoms with E-state index in [0.717, 1.165) is 30.3 Å². The van der Waals surface area contributed by atoms with Crippen LogP contribution in [-0.2, 0) is 13.2 Å². The van der Waals surface area contributed by atoms with E-state index in [0.29, 0.717) is 34.4 Å². The Morgan fingerprint density at radius 1 is 1.12 bits per heavy atom. The van der Waals surface area contributed by atoms with Crippen molar-refractivity contribution in [1.82, 2.24) is 14.8 Å². The van der Waals surface area contributed by atoms with Crippen molar-refractivity contribution >= 4 is 40.4 Å². The van der Waals surface area contributed by atoms with Gasteiger partial charge in [0.25, 0.3) is 5.91 Å². The number of carbonyl (C=O) groups excluding carboxylic acids is 1. The third-order valence-electron chi connectivity index (χ3n) is 5.71. The summed E-state index contributed by atoms with van der Waals surface area (Å²) in [5, 5.41) is 3.73. The molecule has 180 valence electrons. The highest BCUT2D eigenvalue weighted by molar-refractivity contribution is 7.09. The Bertz CT molecular complexity index is 1100. The van der Waals surface area contributed by atoms with Crippen LogP contribution in [0.3, 0.4) is 0 Å². The number of aromatic nitrogens is 1. The van der Waals surface area contributed by atoms with E-state index in [2.05, 4.69) is 9.88 Å². The molecule has 0 aliphatic carbocycles. The fourth-order valence-corrected chi connectivity index (χ4v) is 4.91. The molecule has 0 spiro atoms. The summed E-state index contributed by atoms with van der Waals surface area (Å²) in [5.74, 6) is 0.00875. The molecule has 2 heterocycles. The fourth-order valence-electron chi connectivity index (χ4n) is 3.88. The molecule has 1 saturated heterocycles. The summed E-state index contributed by atoms with van der Waals surface area (Å²) in [6, 6.07) is 10.7. The summed E-state index contributed by atoms with van der Waals surface area (Å²) in [6.45, 7) is 4.13. The Morgan fingerprint density at radius 2 is 1.88 bits per heavy atom. The molecular weight excluding hydrogens is 496 g/mol. The average Bonchev–Trinajstić information content (AvgIpc) is 3.30. The Kier molecular flexibility index (Phi) is 8.78. The quantitative estimate of drug-likeness (QED) is 0.331. The largest absolute Gasteiger partial charge is 0.485 e. The molecule has 0 bridgehead atoms. The smallest absolute Gasteiger partial charge is 0.254 e. The van der Waals surface area contributed by atoms with Gasteiger partial charge in [0, 0.05) is 35.1 Å². The number of benzene rings is 2. The first-order valence-corrected chi connectivity index (χ1v) is 12.9. The zero-order valence-electron chi connectivity index (χ0n) is 18.7. The van der Waals surface area contributed by atoms with E-state index in [9.17, 15) is 9.18 Å². The number of hydrogen-bond acceptors (Lipinski definition) is 5. The minimum absolute atomic E-state index is 0.131. The maximum atomic E-state index is 13.4. The van der Waals surface area contributed by atoms with Crippen molar-refractivity contribution in [2.75, 3.05) is 26.2 Å². The van der Waals surface area contributed by atoms with E-state index in [1.165, 1.54) is 54.9 Å². The van der Waals surface area contributed by atoms with Crippen molar-refractivity contribution in [3.63, 3.8) is 0 Å². The number of halogens is 3. The molecular formula is C25H26Cl2FN3O2S. The second kappa shape index (κ2) is 12.0. The lowest BCUT2D eigenvalue weighted by Crippen LogP contribution is -2.40. The first-order valence-electron chi connectivity index (χ1n) is 11.3. The summed E-state index contributed by atoms with van der Waals surface area (Å²) < 4.78 is 19.2. The van der Waals surface area contributed by atoms with E-state index in [4.69, 9.17) is 27.9 Å². The molecule has 0 N–H and O–H groups in total. The molecule has 34 heavy (non-hydrogen) atoms. The van der Waals surface area contributed by atoms with Crippen LogP contribution in [0, 0.1) is 5.82 Å². The molecule has 5 nitrogen and oxygen atoms in total. The molecule has 2 aromatic carbocycles. The van der Waals surface area contributed by atoms with Crippen LogP contribution in [0.1, 0.15) is 40.3 Å². The van der Waals surface area contributed by atoms with Crippen LogP contribution < -0.4 is 4.74 Å². The zero-order valence-corrected chi connectivity index (χ0v) is 21.0. The molecule has 1 amide bonds. The van der Waals surface area contributed by atoms with Crippen molar-refractivity contribution in [2.24, 2.45) is 0 Å². The maximum Gasteiger partial charge on any atom is 0.254 e. The van der Waals surface area contributed by atoms with Crippen LogP contribution in [0.2, 0.25) is 10.0 Å². The molecule has 4 rings (SSSR count). The van der Waals surface area contributed by atoms with Gasteiger partial charge in [0.05, 0.1) is 17.3 Å². The second-order valence-corrected chi connectivity index (χ2v) is 10.0.